The van der Waals surface area contributed by atoms with Gasteiger partial charge in [-0.2, -0.15) is 0 Å². The molecule has 0 unspecified atom stereocenters. The number of benzene rings is 1. The van der Waals surface area contributed by atoms with Crippen LogP contribution in [0.15, 0.2) is 35.1 Å². The Morgan fingerprint density at radius 3 is 2.50 bits per heavy atom. The van der Waals surface area contributed by atoms with Crippen LogP contribution < -0.4 is 5.56 Å². The van der Waals surface area contributed by atoms with Crippen LogP contribution in [0.3, 0.4) is 0 Å². The number of halogens is 2. The van der Waals surface area contributed by atoms with E-state index in [-0.39, 0.29) is 36.3 Å². The van der Waals surface area contributed by atoms with Crippen molar-refractivity contribution in [2.75, 3.05) is 0 Å². The maximum absolute atomic E-state index is 10.9. The van der Waals surface area contributed by atoms with Gasteiger partial charge in [-0.05, 0) is 11.5 Å². The highest BCUT2D eigenvalue weighted by molar-refractivity contribution is 5.86. The maximum atomic E-state index is 10.9. The van der Waals surface area contributed by atoms with E-state index >= 15 is 0 Å². The summed E-state index contributed by atoms with van der Waals surface area (Å²) in [5.74, 6) is -0.0712. The van der Waals surface area contributed by atoms with E-state index in [2.05, 4.69) is 4.98 Å². The molecule has 0 aliphatic heterocycles. The van der Waals surface area contributed by atoms with E-state index in [0.29, 0.717) is 5.39 Å². The van der Waals surface area contributed by atoms with Gasteiger partial charge in [0.15, 0.2) is 5.88 Å². The predicted molar refractivity (Wildman–Crippen MR) is 60.7 cm³/mol. The van der Waals surface area contributed by atoms with Crippen molar-refractivity contribution in [3.63, 3.8) is 0 Å². The summed E-state index contributed by atoms with van der Waals surface area (Å²) < 4.78 is 0. The average Bonchev–Trinajstić information content (AvgIpc) is 2.04. The first kappa shape index (κ1) is 12.8. The molecule has 0 saturated heterocycles. The van der Waals surface area contributed by atoms with Crippen LogP contribution >= 0.6 is 24.8 Å². The average molecular weight is 234 g/mol. The molecule has 0 aliphatic rings. The molecule has 0 bridgehead atoms. The third-order valence-corrected chi connectivity index (χ3v) is 1.74. The smallest absolute Gasteiger partial charge is 0.251 e. The molecule has 2 aromatic rings. The van der Waals surface area contributed by atoms with Gasteiger partial charge in [-0.15, -0.1) is 24.8 Å². The van der Waals surface area contributed by atoms with Gasteiger partial charge < -0.3 is 5.11 Å². The Hall–Kier alpha value is -1.19. The molecule has 1 aromatic heterocycles. The second kappa shape index (κ2) is 4.88. The zero-order valence-electron chi connectivity index (χ0n) is 7.06. The second-order valence-electron chi connectivity index (χ2n) is 2.57. The SMILES string of the molecule is Cl.Cl.O=c1cc2ccccc2c(O)[nH]1. The summed E-state index contributed by atoms with van der Waals surface area (Å²) in [5, 5.41) is 10.7. The molecule has 2 N–H and O–H groups in total. The lowest BCUT2D eigenvalue weighted by Gasteiger charge is -1.97. The molecular weight excluding hydrogens is 225 g/mol. The first-order chi connectivity index (χ1) is 5.77. The monoisotopic (exact) mass is 233 g/mol. The van der Waals surface area contributed by atoms with Gasteiger partial charge in [0.05, 0.1) is 0 Å². The Bertz CT molecular complexity index is 481. The molecule has 0 aliphatic carbocycles. The van der Waals surface area contributed by atoms with Gasteiger partial charge in [-0.1, -0.05) is 18.2 Å². The lowest BCUT2D eigenvalue weighted by molar-refractivity contribution is 0.459. The van der Waals surface area contributed by atoms with Gasteiger partial charge >= 0.3 is 0 Å². The number of fused-ring (bicyclic) bond motifs is 1. The van der Waals surface area contributed by atoms with Crippen LogP contribution in [-0.2, 0) is 0 Å². The van der Waals surface area contributed by atoms with Crippen LogP contribution in [0.25, 0.3) is 10.8 Å². The maximum Gasteiger partial charge on any atom is 0.251 e. The molecule has 0 saturated carbocycles. The van der Waals surface area contributed by atoms with Crippen molar-refractivity contribution in [3.8, 4) is 5.88 Å². The molecule has 1 heterocycles. The highest BCUT2D eigenvalue weighted by Crippen LogP contribution is 2.18. The summed E-state index contributed by atoms with van der Waals surface area (Å²) in [6.07, 6.45) is 0. The largest absolute Gasteiger partial charge is 0.494 e. The standard InChI is InChI=1S/C9H7NO2.2ClH/c11-8-5-6-3-1-2-4-7(6)9(12)10-8;;/h1-5H,(H2,10,11,12);2*1H. The van der Waals surface area contributed by atoms with E-state index in [1.54, 1.807) is 18.2 Å². The Morgan fingerprint density at radius 1 is 1.14 bits per heavy atom. The molecular formula is C9H9Cl2NO2. The van der Waals surface area contributed by atoms with Crippen molar-refractivity contribution in [2.45, 2.75) is 0 Å². The van der Waals surface area contributed by atoms with E-state index in [1.807, 2.05) is 6.07 Å². The van der Waals surface area contributed by atoms with Crippen LogP contribution in [-0.4, -0.2) is 10.1 Å². The Kier molecular flexibility index (Phi) is 4.47. The van der Waals surface area contributed by atoms with Gasteiger partial charge in [-0.3, -0.25) is 9.78 Å². The zero-order chi connectivity index (χ0) is 8.55. The summed E-state index contributed by atoms with van der Waals surface area (Å²) in [7, 11) is 0. The number of H-pyrrole nitrogens is 1. The van der Waals surface area contributed by atoms with Crippen molar-refractivity contribution >= 4 is 35.6 Å². The molecule has 76 valence electrons. The highest BCUT2D eigenvalue weighted by atomic mass is 35.5. The van der Waals surface area contributed by atoms with E-state index < -0.39 is 0 Å². The Balaban J connectivity index is 0.000000845. The summed E-state index contributed by atoms with van der Waals surface area (Å²) in [5.41, 5.74) is -0.286. The fourth-order valence-electron chi connectivity index (χ4n) is 1.20. The summed E-state index contributed by atoms with van der Waals surface area (Å²) in [4.78, 5) is 13.2. The highest BCUT2D eigenvalue weighted by Gasteiger charge is 1.98. The Labute approximate surface area is 92.6 Å². The topological polar surface area (TPSA) is 53.1 Å². The predicted octanol–water partition coefficient (Wildman–Crippen LogP) is 2.08. The number of aromatic hydroxyl groups is 1. The van der Waals surface area contributed by atoms with Crippen molar-refractivity contribution in [1.82, 2.24) is 4.98 Å². The molecule has 0 fully saturated rings. The fraction of sp³-hybridized carbons (Fsp3) is 0. The molecule has 3 nitrogen and oxygen atoms in total. The first-order valence-corrected chi connectivity index (χ1v) is 3.58. The quantitative estimate of drug-likeness (QED) is 0.733. The van der Waals surface area contributed by atoms with Crippen molar-refractivity contribution in [1.29, 1.82) is 0 Å². The van der Waals surface area contributed by atoms with Crippen molar-refractivity contribution in [2.24, 2.45) is 0 Å². The summed E-state index contributed by atoms with van der Waals surface area (Å²) in [6, 6.07) is 8.61. The molecule has 0 atom stereocenters. The van der Waals surface area contributed by atoms with E-state index in [1.165, 1.54) is 6.07 Å². The van der Waals surface area contributed by atoms with E-state index in [9.17, 15) is 9.90 Å². The molecule has 0 spiro atoms. The van der Waals surface area contributed by atoms with Crippen LogP contribution in [0.5, 0.6) is 5.88 Å². The molecule has 0 amide bonds. The summed E-state index contributed by atoms with van der Waals surface area (Å²) >= 11 is 0. The second-order valence-corrected chi connectivity index (χ2v) is 2.57. The van der Waals surface area contributed by atoms with Crippen LogP contribution in [0.4, 0.5) is 0 Å². The van der Waals surface area contributed by atoms with Gasteiger partial charge in [0, 0.05) is 11.5 Å². The van der Waals surface area contributed by atoms with Crippen LogP contribution in [0, 0.1) is 0 Å². The lowest BCUT2D eigenvalue weighted by Crippen LogP contribution is -2.02. The normalized spacial score (nSPS) is 8.86. The van der Waals surface area contributed by atoms with Crippen LogP contribution in [0.2, 0.25) is 0 Å². The molecule has 14 heavy (non-hydrogen) atoms. The lowest BCUT2D eigenvalue weighted by atomic mass is 10.2. The zero-order valence-corrected chi connectivity index (χ0v) is 8.69. The van der Waals surface area contributed by atoms with Crippen molar-refractivity contribution < 1.29 is 5.11 Å². The molecule has 0 radical (unpaired) electrons. The summed E-state index contributed by atoms with van der Waals surface area (Å²) in [6.45, 7) is 0. The van der Waals surface area contributed by atoms with Crippen LogP contribution in [0.1, 0.15) is 0 Å². The number of nitrogens with one attached hydrogen (secondary N) is 1. The third-order valence-electron chi connectivity index (χ3n) is 1.74. The number of rotatable bonds is 0. The number of hydrogen-bond acceptors (Lipinski definition) is 2. The number of pyridine rings is 1. The molecule has 5 heteroatoms. The van der Waals surface area contributed by atoms with Gasteiger partial charge in [0.25, 0.3) is 5.56 Å². The minimum Gasteiger partial charge on any atom is -0.494 e. The number of hydrogen-bond donors (Lipinski definition) is 2. The van der Waals surface area contributed by atoms with E-state index in [0.717, 1.165) is 5.39 Å². The van der Waals surface area contributed by atoms with Gasteiger partial charge in [0.1, 0.15) is 0 Å². The van der Waals surface area contributed by atoms with Gasteiger partial charge in [-0.25, -0.2) is 0 Å². The van der Waals surface area contributed by atoms with Crippen molar-refractivity contribution in [3.05, 3.63) is 40.7 Å². The van der Waals surface area contributed by atoms with E-state index in [4.69, 9.17) is 0 Å². The number of aromatic amines is 1. The Morgan fingerprint density at radius 2 is 1.79 bits per heavy atom. The molecule has 2 rings (SSSR count). The number of aromatic nitrogens is 1. The third kappa shape index (κ3) is 2.19. The minimum atomic E-state index is -0.286. The van der Waals surface area contributed by atoms with Gasteiger partial charge in [0.2, 0.25) is 0 Å². The first-order valence-electron chi connectivity index (χ1n) is 3.58. The fourth-order valence-corrected chi connectivity index (χ4v) is 1.20. The molecule has 1 aromatic carbocycles. The minimum absolute atomic E-state index is 0.